The fraction of sp³-hybridized carbons (Fsp3) is 0.324. The van der Waals surface area contributed by atoms with Crippen LogP contribution >= 0.6 is 11.6 Å². The van der Waals surface area contributed by atoms with Gasteiger partial charge in [0.05, 0.1) is 28.9 Å². The highest BCUT2D eigenvalue weighted by Crippen LogP contribution is 2.65. The van der Waals surface area contributed by atoms with Crippen LogP contribution in [-0.4, -0.2) is 51.3 Å². The minimum atomic E-state index is -1.48. The van der Waals surface area contributed by atoms with Crippen molar-refractivity contribution in [2.24, 2.45) is 23.7 Å². The van der Waals surface area contributed by atoms with Crippen molar-refractivity contribution in [2.75, 3.05) is 11.4 Å². The van der Waals surface area contributed by atoms with Crippen LogP contribution in [0.25, 0.3) is 0 Å². The van der Waals surface area contributed by atoms with Crippen LogP contribution in [0.4, 0.5) is 5.69 Å². The molecule has 4 aliphatic rings. The molecule has 0 bridgehead atoms. The van der Waals surface area contributed by atoms with Gasteiger partial charge in [-0.2, -0.15) is 0 Å². The number of benzene rings is 3. The number of halogens is 1. The Balaban J connectivity index is 1.44. The second-order valence-corrected chi connectivity index (χ2v) is 13.4. The Labute approximate surface area is 276 Å². The number of phenols is 1. The number of allylic oxidation sites excluding steroid dienone is 2. The number of amides is 4. The summed E-state index contributed by atoms with van der Waals surface area (Å²) in [6.07, 6.45) is 2.28. The number of aromatic hydroxyl groups is 1. The van der Waals surface area contributed by atoms with Gasteiger partial charge >= 0.3 is 5.97 Å². The summed E-state index contributed by atoms with van der Waals surface area (Å²) >= 11 is 6.35. The number of carboxylic acids is 1. The fourth-order valence-electron chi connectivity index (χ4n) is 8.68. The van der Waals surface area contributed by atoms with Gasteiger partial charge in [-0.3, -0.25) is 28.9 Å². The third-order valence-electron chi connectivity index (χ3n) is 10.6. The standard InChI is InChI=1S/C37H33ClN2O7/c1-20-8-5-13-26(32(20)43)31-24-15-16-25-30(35(46)39(33(25)44)17-7-14-29(41)42)27(24)19-28-34(45)40(23-12-6-11-22(38)18-23)36(47)37(28,31)21-9-3-2-4-10-21/h2-6,8-13,15,18,25,27-28,30-31,43H,7,14,16-17,19H2,1H3,(H,41,42)/t25-,27+,28-,30-,31+,37+/m0/s1. The predicted octanol–water partition coefficient (Wildman–Crippen LogP) is 5.38. The molecule has 7 rings (SSSR count). The summed E-state index contributed by atoms with van der Waals surface area (Å²) in [5, 5.41) is 21.1. The molecule has 2 saturated heterocycles. The number of fused-ring (bicyclic) bond motifs is 4. The van der Waals surface area contributed by atoms with Gasteiger partial charge < -0.3 is 10.2 Å². The maximum absolute atomic E-state index is 15.2. The summed E-state index contributed by atoms with van der Waals surface area (Å²) < 4.78 is 0. The molecule has 2 N–H and O–H groups in total. The van der Waals surface area contributed by atoms with Gasteiger partial charge in [-0.15, -0.1) is 0 Å². The number of phenolic OH excluding ortho intramolecular Hbond substituents is 1. The van der Waals surface area contributed by atoms with Crippen LogP contribution in [0.5, 0.6) is 5.75 Å². The third kappa shape index (κ3) is 4.54. The van der Waals surface area contributed by atoms with Crippen LogP contribution in [-0.2, 0) is 29.4 Å². The molecule has 47 heavy (non-hydrogen) atoms. The lowest BCUT2D eigenvalue weighted by Gasteiger charge is -2.50. The quantitative estimate of drug-likeness (QED) is 0.259. The molecule has 2 aliphatic heterocycles. The summed E-state index contributed by atoms with van der Waals surface area (Å²) in [6, 6.07) is 21.0. The number of rotatable bonds is 7. The number of carbonyl (C=O) groups excluding carboxylic acids is 4. The second-order valence-electron chi connectivity index (χ2n) is 12.9. The van der Waals surface area contributed by atoms with E-state index in [2.05, 4.69) is 0 Å². The predicted molar refractivity (Wildman–Crippen MR) is 173 cm³/mol. The molecule has 240 valence electrons. The first kappa shape index (κ1) is 30.9. The highest BCUT2D eigenvalue weighted by molar-refractivity contribution is 6.32. The number of nitrogens with zero attached hydrogens (tertiary/aromatic N) is 2. The zero-order valence-electron chi connectivity index (χ0n) is 25.6. The number of aliphatic carboxylic acids is 1. The maximum Gasteiger partial charge on any atom is 0.303 e. The van der Waals surface area contributed by atoms with Crippen LogP contribution < -0.4 is 4.90 Å². The number of aryl methyl sites for hydroxylation is 1. The molecule has 3 aromatic carbocycles. The number of likely N-dealkylation sites (tertiary alicyclic amines) is 1. The average Bonchev–Trinajstić information content (AvgIpc) is 3.43. The van der Waals surface area contributed by atoms with Gasteiger partial charge in [0, 0.05) is 29.5 Å². The fourth-order valence-corrected chi connectivity index (χ4v) is 8.86. The summed E-state index contributed by atoms with van der Waals surface area (Å²) in [5.74, 6) is -6.40. The van der Waals surface area contributed by atoms with Crippen molar-refractivity contribution < 1.29 is 34.2 Å². The Bertz CT molecular complexity index is 1870. The summed E-state index contributed by atoms with van der Waals surface area (Å²) in [5.41, 5.74) is 1.28. The van der Waals surface area contributed by atoms with E-state index in [-0.39, 0.29) is 49.8 Å². The topological polar surface area (TPSA) is 132 Å². The summed E-state index contributed by atoms with van der Waals surface area (Å²) in [6.45, 7) is 1.77. The lowest BCUT2D eigenvalue weighted by molar-refractivity contribution is -0.142. The van der Waals surface area contributed by atoms with Gasteiger partial charge in [0.1, 0.15) is 5.75 Å². The molecule has 0 aromatic heterocycles. The number of para-hydroxylation sites is 1. The molecule has 2 heterocycles. The van der Waals surface area contributed by atoms with Gasteiger partial charge in [0.2, 0.25) is 23.6 Å². The molecule has 0 radical (unpaired) electrons. The molecule has 3 fully saturated rings. The lowest BCUT2D eigenvalue weighted by atomic mass is 9.49. The molecule has 10 heteroatoms. The van der Waals surface area contributed by atoms with Crippen molar-refractivity contribution in [1.29, 1.82) is 0 Å². The average molecular weight is 653 g/mol. The number of carboxylic acid groups (broad SMARTS) is 1. The molecular weight excluding hydrogens is 620 g/mol. The normalized spacial score (nSPS) is 28.2. The molecule has 9 nitrogen and oxygen atoms in total. The monoisotopic (exact) mass is 652 g/mol. The van der Waals surface area contributed by atoms with Gasteiger partial charge in [-0.05, 0) is 61.4 Å². The molecule has 0 unspecified atom stereocenters. The molecule has 6 atom stereocenters. The summed E-state index contributed by atoms with van der Waals surface area (Å²) in [7, 11) is 0. The highest BCUT2D eigenvalue weighted by atomic mass is 35.5. The lowest BCUT2D eigenvalue weighted by Crippen LogP contribution is -2.53. The van der Waals surface area contributed by atoms with E-state index in [0.717, 1.165) is 5.57 Å². The van der Waals surface area contributed by atoms with Gasteiger partial charge in [-0.25, -0.2) is 4.90 Å². The molecule has 3 aromatic rings. The molecule has 4 amide bonds. The Morgan fingerprint density at radius 1 is 0.936 bits per heavy atom. The van der Waals surface area contributed by atoms with Crippen LogP contribution in [0, 0.1) is 30.6 Å². The SMILES string of the molecule is Cc1cccc([C@H]2C3=CC[C@@H]4C(=O)N(CCCC(=O)O)C(=O)[C@@H]4[C@@H]3C[C@H]3C(=O)N(c4cccc(Cl)c4)C(=O)[C@@]23c2ccccc2)c1O. The number of imide groups is 2. The zero-order valence-corrected chi connectivity index (χ0v) is 26.4. The molecule has 0 spiro atoms. The molecule has 2 aliphatic carbocycles. The van der Waals surface area contributed by atoms with Gasteiger partial charge in [-0.1, -0.05) is 77.8 Å². The highest BCUT2D eigenvalue weighted by Gasteiger charge is 2.70. The van der Waals surface area contributed by atoms with E-state index in [1.807, 2.05) is 36.4 Å². The minimum absolute atomic E-state index is 0.000746. The van der Waals surface area contributed by atoms with E-state index in [0.29, 0.717) is 27.4 Å². The first-order chi connectivity index (χ1) is 22.6. The molecular formula is C37H33ClN2O7. The Hall–Kier alpha value is -4.76. The van der Waals surface area contributed by atoms with E-state index >= 15 is 4.79 Å². The second kappa shape index (κ2) is 11.5. The number of hydrogen-bond acceptors (Lipinski definition) is 6. The Morgan fingerprint density at radius 2 is 1.68 bits per heavy atom. The van der Waals surface area contributed by atoms with Crippen LogP contribution in [0.15, 0.2) is 84.4 Å². The van der Waals surface area contributed by atoms with Gasteiger partial charge in [0.25, 0.3) is 0 Å². The zero-order chi connectivity index (χ0) is 33.2. The number of carbonyl (C=O) groups is 5. The largest absolute Gasteiger partial charge is 0.507 e. The van der Waals surface area contributed by atoms with Crippen LogP contribution in [0.1, 0.15) is 48.3 Å². The number of anilines is 1. The van der Waals surface area contributed by atoms with Gasteiger partial charge in [0.15, 0.2) is 0 Å². The van der Waals surface area contributed by atoms with Crippen molar-refractivity contribution in [1.82, 2.24) is 4.90 Å². The number of hydrogen-bond donors (Lipinski definition) is 2. The van der Waals surface area contributed by atoms with Crippen molar-refractivity contribution >= 4 is 46.9 Å². The van der Waals surface area contributed by atoms with E-state index in [4.69, 9.17) is 16.7 Å². The van der Waals surface area contributed by atoms with Crippen molar-refractivity contribution in [3.63, 3.8) is 0 Å². The summed E-state index contributed by atoms with van der Waals surface area (Å²) in [4.78, 5) is 71.1. The van der Waals surface area contributed by atoms with E-state index in [1.165, 1.54) is 9.80 Å². The minimum Gasteiger partial charge on any atom is -0.507 e. The van der Waals surface area contributed by atoms with Crippen LogP contribution in [0.3, 0.4) is 0 Å². The van der Waals surface area contributed by atoms with Crippen molar-refractivity contribution in [3.8, 4) is 5.75 Å². The smallest absolute Gasteiger partial charge is 0.303 e. The molecule has 1 saturated carbocycles. The van der Waals surface area contributed by atoms with Crippen molar-refractivity contribution in [2.45, 2.75) is 43.9 Å². The van der Waals surface area contributed by atoms with Crippen LogP contribution in [0.2, 0.25) is 5.02 Å². The van der Waals surface area contributed by atoms with Crippen molar-refractivity contribution in [3.05, 3.63) is 106 Å². The first-order valence-electron chi connectivity index (χ1n) is 15.8. The first-order valence-corrected chi connectivity index (χ1v) is 16.2. The maximum atomic E-state index is 15.2. The Kier molecular flexibility index (Phi) is 7.55. The van der Waals surface area contributed by atoms with E-state index in [1.54, 1.807) is 49.4 Å². The third-order valence-corrected chi connectivity index (χ3v) is 10.8. The Morgan fingerprint density at radius 3 is 2.40 bits per heavy atom. The van der Waals surface area contributed by atoms with E-state index < -0.39 is 52.8 Å². The van der Waals surface area contributed by atoms with E-state index in [9.17, 15) is 24.3 Å².